The molecule has 1 heterocycles. The van der Waals surface area contributed by atoms with Gasteiger partial charge in [-0.2, -0.15) is 0 Å². The summed E-state index contributed by atoms with van der Waals surface area (Å²) in [6, 6.07) is 3.79. The summed E-state index contributed by atoms with van der Waals surface area (Å²) in [5.41, 5.74) is 5.93. The van der Waals surface area contributed by atoms with Crippen molar-refractivity contribution in [1.82, 2.24) is 14.8 Å². The molecule has 0 radical (unpaired) electrons. The van der Waals surface area contributed by atoms with Crippen molar-refractivity contribution in [3.63, 3.8) is 0 Å². The van der Waals surface area contributed by atoms with Crippen molar-refractivity contribution in [1.29, 1.82) is 0 Å². The summed E-state index contributed by atoms with van der Waals surface area (Å²) in [5.74, 6) is -0.369. The smallest absolute Gasteiger partial charge is 0.404 e. The molecule has 0 unspecified atom stereocenters. The molecular weight excluding hydrogens is 237 g/mol. The Kier molecular flexibility index (Phi) is 2.62. The van der Waals surface area contributed by atoms with E-state index < -0.39 is 6.36 Å². The van der Waals surface area contributed by atoms with Gasteiger partial charge in [-0.1, -0.05) is 0 Å². The number of aromatic nitrogens is 3. The van der Waals surface area contributed by atoms with E-state index >= 15 is 0 Å². The van der Waals surface area contributed by atoms with E-state index in [2.05, 4.69) is 14.9 Å². The van der Waals surface area contributed by atoms with Crippen molar-refractivity contribution < 1.29 is 17.9 Å². The highest BCUT2D eigenvalue weighted by atomic mass is 19.4. The molecule has 1 aromatic carbocycles. The highest BCUT2D eigenvalue weighted by Crippen LogP contribution is 2.30. The molecule has 0 saturated carbocycles. The second kappa shape index (κ2) is 3.96. The van der Waals surface area contributed by atoms with Crippen LogP contribution in [0.4, 0.5) is 18.9 Å². The Balaban J connectivity index is 2.45. The fraction of sp³-hybridized carbons (Fsp3) is 0.111. The standard InChI is InChI=1S/C9H7F3N4O/c10-9(11,12)17-8-2-1-6(13)3-7(8)16-4-14-15-5-16/h1-5H,13H2. The van der Waals surface area contributed by atoms with Gasteiger partial charge in [0.25, 0.3) is 0 Å². The SMILES string of the molecule is Nc1ccc(OC(F)(F)F)c(-n2cnnc2)c1. The van der Waals surface area contributed by atoms with E-state index in [9.17, 15) is 13.2 Å². The molecule has 0 aliphatic heterocycles. The number of hydrogen-bond acceptors (Lipinski definition) is 4. The van der Waals surface area contributed by atoms with E-state index in [1.165, 1.54) is 29.4 Å². The molecule has 2 aromatic rings. The average molecular weight is 244 g/mol. The van der Waals surface area contributed by atoms with E-state index in [-0.39, 0.29) is 11.4 Å². The second-order valence-electron chi connectivity index (χ2n) is 3.14. The van der Waals surface area contributed by atoms with Crippen LogP contribution in [0.15, 0.2) is 30.9 Å². The molecule has 0 spiro atoms. The molecule has 0 amide bonds. The van der Waals surface area contributed by atoms with E-state index in [4.69, 9.17) is 5.73 Å². The largest absolute Gasteiger partial charge is 0.573 e. The maximum Gasteiger partial charge on any atom is 0.573 e. The van der Waals surface area contributed by atoms with Crippen molar-refractivity contribution in [2.24, 2.45) is 0 Å². The van der Waals surface area contributed by atoms with Crippen molar-refractivity contribution in [2.45, 2.75) is 6.36 Å². The van der Waals surface area contributed by atoms with E-state index in [0.717, 1.165) is 6.07 Å². The van der Waals surface area contributed by atoms with Gasteiger partial charge in [0.15, 0.2) is 5.75 Å². The average Bonchev–Trinajstić information content (AvgIpc) is 2.71. The number of nitrogens with zero attached hydrogens (tertiary/aromatic N) is 3. The molecular formula is C9H7F3N4O. The van der Waals surface area contributed by atoms with Crippen molar-refractivity contribution in [3.8, 4) is 11.4 Å². The lowest BCUT2D eigenvalue weighted by Crippen LogP contribution is -2.18. The Morgan fingerprint density at radius 2 is 1.82 bits per heavy atom. The summed E-state index contributed by atoms with van der Waals surface area (Å²) in [5, 5.41) is 7.00. The Labute approximate surface area is 93.6 Å². The number of benzene rings is 1. The molecule has 0 bridgehead atoms. The topological polar surface area (TPSA) is 66.0 Å². The molecule has 0 saturated heterocycles. The Morgan fingerprint density at radius 3 is 2.41 bits per heavy atom. The minimum Gasteiger partial charge on any atom is -0.404 e. The fourth-order valence-corrected chi connectivity index (χ4v) is 1.27. The van der Waals surface area contributed by atoms with Crippen LogP contribution in [-0.2, 0) is 0 Å². The predicted molar refractivity (Wildman–Crippen MR) is 52.5 cm³/mol. The third-order valence-corrected chi connectivity index (χ3v) is 1.91. The monoisotopic (exact) mass is 244 g/mol. The van der Waals surface area contributed by atoms with Crippen LogP contribution in [0.1, 0.15) is 0 Å². The second-order valence-corrected chi connectivity index (χ2v) is 3.14. The minimum absolute atomic E-state index is 0.118. The molecule has 17 heavy (non-hydrogen) atoms. The van der Waals surface area contributed by atoms with Gasteiger partial charge in [0, 0.05) is 5.69 Å². The van der Waals surface area contributed by atoms with Gasteiger partial charge < -0.3 is 10.5 Å². The maximum absolute atomic E-state index is 12.2. The first-order valence-electron chi connectivity index (χ1n) is 4.46. The number of rotatable bonds is 2. The normalized spacial score (nSPS) is 11.5. The summed E-state index contributed by atoms with van der Waals surface area (Å²) >= 11 is 0. The highest BCUT2D eigenvalue weighted by Gasteiger charge is 2.32. The van der Waals surface area contributed by atoms with Gasteiger partial charge in [-0.15, -0.1) is 23.4 Å². The quantitative estimate of drug-likeness (QED) is 0.817. The first kappa shape index (κ1) is 11.2. The zero-order chi connectivity index (χ0) is 12.5. The van der Waals surface area contributed by atoms with Gasteiger partial charge in [0.05, 0.1) is 5.69 Å². The molecule has 90 valence electrons. The van der Waals surface area contributed by atoms with E-state index in [0.29, 0.717) is 5.69 Å². The number of anilines is 1. The summed E-state index contributed by atoms with van der Waals surface area (Å²) < 4.78 is 41.7. The molecule has 0 aliphatic rings. The first-order chi connectivity index (χ1) is 7.96. The number of halogens is 3. The van der Waals surface area contributed by atoms with Crippen molar-refractivity contribution >= 4 is 5.69 Å². The predicted octanol–water partition coefficient (Wildman–Crippen LogP) is 1.75. The maximum atomic E-state index is 12.2. The highest BCUT2D eigenvalue weighted by molar-refractivity contribution is 5.56. The van der Waals surface area contributed by atoms with Gasteiger partial charge in [-0.05, 0) is 18.2 Å². The van der Waals surface area contributed by atoms with E-state index in [1.54, 1.807) is 0 Å². The fourth-order valence-electron chi connectivity index (χ4n) is 1.27. The van der Waals surface area contributed by atoms with Crippen molar-refractivity contribution in [2.75, 3.05) is 5.73 Å². The number of ether oxygens (including phenoxy) is 1. The van der Waals surface area contributed by atoms with Crippen LogP contribution in [0.3, 0.4) is 0 Å². The lowest BCUT2D eigenvalue weighted by atomic mass is 10.2. The molecule has 5 nitrogen and oxygen atoms in total. The van der Waals surface area contributed by atoms with Gasteiger partial charge in [0.2, 0.25) is 0 Å². The minimum atomic E-state index is -4.77. The summed E-state index contributed by atoms with van der Waals surface area (Å²) in [6.07, 6.45) is -2.27. The number of alkyl halides is 3. The molecule has 0 fully saturated rings. The number of nitrogens with two attached hydrogens (primary N) is 1. The summed E-state index contributed by atoms with van der Waals surface area (Å²) in [7, 11) is 0. The van der Waals surface area contributed by atoms with Gasteiger partial charge >= 0.3 is 6.36 Å². The van der Waals surface area contributed by atoms with Crippen LogP contribution >= 0.6 is 0 Å². The van der Waals surface area contributed by atoms with Crippen molar-refractivity contribution in [3.05, 3.63) is 30.9 Å². The zero-order valence-electron chi connectivity index (χ0n) is 8.35. The Hall–Kier alpha value is -2.25. The van der Waals surface area contributed by atoms with Crippen LogP contribution in [0.5, 0.6) is 5.75 Å². The van der Waals surface area contributed by atoms with Crippen LogP contribution in [0.2, 0.25) is 0 Å². The summed E-state index contributed by atoms with van der Waals surface area (Å²) in [6.45, 7) is 0. The van der Waals surface area contributed by atoms with Crippen LogP contribution in [0.25, 0.3) is 5.69 Å². The first-order valence-corrected chi connectivity index (χ1v) is 4.46. The lowest BCUT2D eigenvalue weighted by Gasteiger charge is -2.13. The Bertz CT molecular complexity index is 509. The number of nitrogen functional groups attached to an aromatic ring is 1. The summed E-state index contributed by atoms with van der Waals surface area (Å²) in [4.78, 5) is 0. The Morgan fingerprint density at radius 1 is 1.18 bits per heavy atom. The van der Waals surface area contributed by atoms with E-state index in [1.807, 2.05) is 0 Å². The molecule has 0 atom stereocenters. The molecule has 0 aliphatic carbocycles. The molecule has 1 aromatic heterocycles. The van der Waals surface area contributed by atoms with Gasteiger partial charge in [0.1, 0.15) is 12.7 Å². The van der Waals surface area contributed by atoms with Crippen LogP contribution in [0, 0.1) is 0 Å². The molecule has 2 rings (SSSR count). The lowest BCUT2D eigenvalue weighted by molar-refractivity contribution is -0.274. The van der Waals surface area contributed by atoms with Crippen LogP contribution in [-0.4, -0.2) is 21.1 Å². The van der Waals surface area contributed by atoms with Gasteiger partial charge in [-0.3, -0.25) is 4.57 Å². The van der Waals surface area contributed by atoms with Crippen LogP contribution < -0.4 is 10.5 Å². The molecule has 8 heteroatoms. The number of hydrogen-bond donors (Lipinski definition) is 1. The van der Waals surface area contributed by atoms with Gasteiger partial charge in [-0.25, -0.2) is 0 Å². The molecule has 2 N–H and O–H groups in total. The zero-order valence-corrected chi connectivity index (χ0v) is 8.35. The third-order valence-electron chi connectivity index (χ3n) is 1.91. The third kappa shape index (κ3) is 2.65.